The van der Waals surface area contributed by atoms with Crippen molar-refractivity contribution in [2.75, 3.05) is 0 Å². The van der Waals surface area contributed by atoms with Crippen molar-refractivity contribution in [2.45, 2.75) is 23.5 Å². The van der Waals surface area contributed by atoms with E-state index >= 15 is 0 Å². The van der Waals surface area contributed by atoms with Crippen LogP contribution in [0.25, 0.3) is 0 Å². The van der Waals surface area contributed by atoms with Crippen LogP contribution >= 0.6 is 0 Å². The molecule has 1 rings (SSSR count). The van der Waals surface area contributed by atoms with Gasteiger partial charge in [-0.3, -0.25) is 9.00 Å². The van der Waals surface area contributed by atoms with E-state index in [2.05, 4.69) is 0 Å². The van der Waals surface area contributed by atoms with E-state index in [9.17, 15) is 13.4 Å². The van der Waals surface area contributed by atoms with E-state index in [1.807, 2.05) is 0 Å². The Labute approximate surface area is 89.4 Å². The van der Waals surface area contributed by atoms with Crippen LogP contribution in [0.15, 0.2) is 29.2 Å². The lowest BCUT2D eigenvalue weighted by Crippen LogP contribution is -2.15. The molecule has 0 aromatic heterocycles. The van der Waals surface area contributed by atoms with Gasteiger partial charge in [0.1, 0.15) is 5.82 Å². The zero-order chi connectivity index (χ0) is 11.4. The summed E-state index contributed by atoms with van der Waals surface area (Å²) in [5.74, 6) is -1.39. The van der Waals surface area contributed by atoms with Crippen molar-refractivity contribution in [1.29, 1.82) is 0 Å². The molecule has 0 saturated heterocycles. The normalized spacial score (nSPS) is 14.5. The summed E-state index contributed by atoms with van der Waals surface area (Å²) in [6, 6.07) is 5.23. The number of carboxylic acid groups (broad SMARTS) is 1. The summed E-state index contributed by atoms with van der Waals surface area (Å²) in [4.78, 5) is 10.9. The lowest BCUT2D eigenvalue weighted by Gasteiger charge is -2.08. The number of aliphatic carboxylic acids is 1. The first-order chi connectivity index (χ1) is 7.00. The van der Waals surface area contributed by atoms with Crippen LogP contribution in [0.2, 0.25) is 0 Å². The van der Waals surface area contributed by atoms with Crippen molar-refractivity contribution in [3.05, 3.63) is 30.1 Å². The minimum atomic E-state index is -1.40. The Morgan fingerprint density at radius 3 is 2.47 bits per heavy atom. The molecular weight excluding hydrogens is 219 g/mol. The Hall–Kier alpha value is -1.23. The topological polar surface area (TPSA) is 54.4 Å². The van der Waals surface area contributed by atoms with Crippen molar-refractivity contribution in [1.82, 2.24) is 0 Å². The van der Waals surface area contributed by atoms with Gasteiger partial charge in [-0.2, -0.15) is 0 Å². The highest BCUT2D eigenvalue weighted by molar-refractivity contribution is 7.85. The standard InChI is InChI=1S/C10H11FO3S/c1-7(6-10(12)13)15(14)9-4-2-8(11)3-5-9/h2-5,7H,6H2,1H3,(H,12,13). The summed E-state index contributed by atoms with van der Waals surface area (Å²) in [5, 5.41) is 8.05. The third kappa shape index (κ3) is 3.43. The van der Waals surface area contributed by atoms with Crippen molar-refractivity contribution in [2.24, 2.45) is 0 Å². The van der Waals surface area contributed by atoms with Gasteiger partial charge in [0.2, 0.25) is 0 Å². The Kier molecular flexibility index (Phi) is 3.96. The van der Waals surface area contributed by atoms with Crippen LogP contribution in [0.4, 0.5) is 4.39 Å². The second kappa shape index (κ2) is 5.02. The van der Waals surface area contributed by atoms with E-state index in [-0.39, 0.29) is 6.42 Å². The first kappa shape index (κ1) is 11.8. The maximum atomic E-state index is 12.6. The smallest absolute Gasteiger partial charge is 0.304 e. The number of carboxylic acids is 1. The molecule has 1 aromatic rings. The predicted octanol–water partition coefficient (Wildman–Crippen LogP) is 1.80. The number of halogens is 1. The molecule has 0 aliphatic carbocycles. The number of carbonyl (C=O) groups is 1. The third-order valence-corrected chi connectivity index (χ3v) is 3.51. The van der Waals surface area contributed by atoms with Crippen molar-refractivity contribution in [3.63, 3.8) is 0 Å². The molecule has 0 bridgehead atoms. The second-order valence-electron chi connectivity index (χ2n) is 3.16. The highest BCUT2D eigenvalue weighted by Gasteiger charge is 2.16. The van der Waals surface area contributed by atoms with E-state index < -0.39 is 27.8 Å². The SMILES string of the molecule is CC(CC(=O)O)S(=O)c1ccc(F)cc1. The zero-order valence-electron chi connectivity index (χ0n) is 8.14. The highest BCUT2D eigenvalue weighted by atomic mass is 32.2. The maximum absolute atomic E-state index is 12.6. The number of rotatable bonds is 4. The Morgan fingerprint density at radius 2 is 2.00 bits per heavy atom. The summed E-state index contributed by atoms with van der Waals surface area (Å²) >= 11 is 0. The molecule has 3 nitrogen and oxygen atoms in total. The lowest BCUT2D eigenvalue weighted by molar-refractivity contribution is -0.136. The molecule has 2 atom stereocenters. The monoisotopic (exact) mass is 230 g/mol. The van der Waals surface area contributed by atoms with Crippen molar-refractivity contribution >= 4 is 16.8 Å². The fourth-order valence-corrected chi connectivity index (χ4v) is 2.29. The van der Waals surface area contributed by atoms with Gasteiger partial charge in [0.15, 0.2) is 0 Å². The molecule has 0 radical (unpaired) electrons. The van der Waals surface area contributed by atoms with Crippen LogP contribution in [-0.4, -0.2) is 20.5 Å². The Balaban J connectivity index is 2.76. The fourth-order valence-electron chi connectivity index (χ4n) is 1.12. The number of benzene rings is 1. The van der Waals surface area contributed by atoms with Crippen molar-refractivity contribution < 1.29 is 18.5 Å². The van der Waals surface area contributed by atoms with E-state index in [1.54, 1.807) is 6.92 Å². The highest BCUT2D eigenvalue weighted by Crippen LogP contribution is 2.14. The lowest BCUT2D eigenvalue weighted by atomic mass is 10.3. The van der Waals surface area contributed by atoms with Gasteiger partial charge >= 0.3 is 5.97 Å². The molecular formula is C10H11FO3S. The van der Waals surface area contributed by atoms with E-state index in [0.29, 0.717) is 4.90 Å². The molecule has 0 aliphatic rings. The minimum Gasteiger partial charge on any atom is -0.481 e. The van der Waals surface area contributed by atoms with E-state index in [4.69, 9.17) is 5.11 Å². The van der Waals surface area contributed by atoms with Gasteiger partial charge in [-0.25, -0.2) is 4.39 Å². The van der Waals surface area contributed by atoms with Gasteiger partial charge in [-0.15, -0.1) is 0 Å². The van der Waals surface area contributed by atoms with Crippen LogP contribution in [0.5, 0.6) is 0 Å². The van der Waals surface area contributed by atoms with E-state index in [0.717, 1.165) is 0 Å². The van der Waals surface area contributed by atoms with Crippen LogP contribution in [0.1, 0.15) is 13.3 Å². The van der Waals surface area contributed by atoms with Crippen LogP contribution in [0.3, 0.4) is 0 Å². The molecule has 0 fully saturated rings. The van der Waals surface area contributed by atoms with Gasteiger partial charge in [-0.1, -0.05) is 0 Å². The minimum absolute atomic E-state index is 0.163. The molecule has 5 heteroatoms. The van der Waals surface area contributed by atoms with Crippen LogP contribution < -0.4 is 0 Å². The van der Waals surface area contributed by atoms with Crippen LogP contribution in [-0.2, 0) is 15.6 Å². The third-order valence-electron chi connectivity index (χ3n) is 1.87. The second-order valence-corrected chi connectivity index (χ2v) is 5.03. The molecule has 15 heavy (non-hydrogen) atoms. The zero-order valence-corrected chi connectivity index (χ0v) is 8.96. The molecule has 0 spiro atoms. The molecule has 82 valence electrons. The van der Waals surface area contributed by atoms with Crippen LogP contribution in [0, 0.1) is 5.82 Å². The summed E-state index contributed by atoms with van der Waals surface area (Å²) in [6.07, 6.45) is -0.163. The largest absolute Gasteiger partial charge is 0.481 e. The summed E-state index contributed by atoms with van der Waals surface area (Å²) in [5.41, 5.74) is 0. The predicted molar refractivity (Wildman–Crippen MR) is 54.5 cm³/mol. The Morgan fingerprint density at radius 1 is 1.47 bits per heavy atom. The van der Waals surface area contributed by atoms with Gasteiger partial charge in [0, 0.05) is 10.1 Å². The molecule has 1 aromatic carbocycles. The van der Waals surface area contributed by atoms with Gasteiger partial charge in [0.25, 0.3) is 0 Å². The Bertz CT molecular complexity index is 375. The quantitative estimate of drug-likeness (QED) is 0.858. The maximum Gasteiger partial charge on any atom is 0.304 e. The first-order valence-electron chi connectivity index (χ1n) is 4.38. The molecule has 0 heterocycles. The molecule has 0 aliphatic heterocycles. The first-order valence-corrected chi connectivity index (χ1v) is 5.60. The molecule has 2 unspecified atom stereocenters. The van der Waals surface area contributed by atoms with Gasteiger partial charge in [-0.05, 0) is 31.2 Å². The van der Waals surface area contributed by atoms with Gasteiger partial charge in [0.05, 0.1) is 17.2 Å². The van der Waals surface area contributed by atoms with E-state index in [1.165, 1.54) is 24.3 Å². The summed E-state index contributed by atoms with van der Waals surface area (Å²) < 4.78 is 24.3. The molecule has 0 amide bonds. The van der Waals surface area contributed by atoms with Crippen molar-refractivity contribution in [3.8, 4) is 0 Å². The summed E-state index contributed by atoms with van der Waals surface area (Å²) in [7, 11) is -1.40. The van der Waals surface area contributed by atoms with Gasteiger partial charge < -0.3 is 5.11 Å². The average Bonchev–Trinajstić information content (AvgIpc) is 2.17. The number of hydrogen-bond acceptors (Lipinski definition) is 2. The molecule has 0 saturated carbocycles. The molecule has 1 N–H and O–H groups in total. The average molecular weight is 230 g/mol. The number of hydrogen-bond donors (Lipinski definition) is 1. The fraction of sp³-hybridized carbons (Fsp3) is 0.300. The summed E-state index contributed by atoms with van der Waals surface area (Å²) in [6.45, 7) is 1.59.